The van der Waals surface area contributed by atoms with Crippen molar-refractivity contribution in [2.45, 2.75) is 11.8 Å². The monoisotopic (exact) mass is 192 g/mol. The van der Waals surface area contributed by atoms with E-state index < -0.39 is 0 Å². The molecule has 0 saturated carbocycles. The molecule has 0 aliphatic heterocycles. The van der Waals surface area contributed by atoms with Crippen LogP contribution in [0.1, 0.15) is 6.92 Å². The van der Waals surface area contributed by atoms with Gasteiger partial charge in [-0.05, 0) is 30.0 Å². The molecule has 1 aromatic carbocycles. The van der Waals surface area contributed by atoms with Gasteiger partial charge in [-0.2, -0.15) is 5.26 Å². The number of carbonyl (C=O) groups is 1. The average molecular weight is 192 g/mol. The van der Waals surface area contributed by atoms with Gasteiger partial charge in [0.15, 0.2) is 0 Å². The van der Waals surface area contributed by atoms with E-state index in [0.29, 0.717) is 5.69 Å². The third-order valence-electron chi connectivity index (χ3n) is 1.32. The fourth-order valence-electron chi connectivity index (χ4n) is 0.893. The van der Waals surface area contributed by atoms with Gasteiger partial charge in [0.25, 0.3) is 0 Å². The molecule has 13 heavy (non-hydrogen) atoms. The first-order valence-electron chi connectivity index (χ1n) is 3.66. The zero-order chi connectivity index (χ0) is 9.68. The van der Waals surface area contributed by atoms with Crippen molar-refractivity contribution in [1.82, 2.24) is 0 Å². The zero-order valence-corrected chi connectivity index (χ0v) is 7.89. The van der Waals surface area contributed by atoms with Crippen molar-refractivity contribution in [2.75, 3.05) is 5.32 Å². The summed E-state index contributed by atoms with van der Waals surface area (Å²) in [6.07, 6.45) is 0. The molecule has 0 heterocycles. The van der Waals surface area contributed by atoms with Gasteiger partial charge in [-0.15, -0.1) is 0 Å². The second-order valence-corrected chi connectivity index (χ2v) is 3.26. The number of rotatable bonds is 2. The van der Waals surface area contributed by atoms with Crippen molar-refractivity contribution in [3.8, 4) is 5.40 Å². The predicted molar refractivity (Wildman–Crippen MR) is 52.2 cm³/mol. The number of hydrogen-bond acceptors (Lipinski definition) is 3. The Hall–Kier alpha value is -1.47. The van der Waals surface area contributed by atoms with Gasteiger partial charge >= 0.3 is 0 Å². The first-order valence-corrected chi connectivity index (χ1v) is 4.47. The SMILES string of the molecule is CC(=O)Nc1cccc(SC#N)c1. The minimum absolute atomic E-state index is 0.112. The lowest BCUT2D eigenvalue weighted by Crippen LogP contribution is -2.05. The van der Waals surface area contributed by atoms with Crippen LogP contribution in [-0.2, 0) is 4.79 Å². The Morgan fingerprint density at radius 3 is 3.00 bits per heavy atom. The smallest absolute Gasteiger partial charge is 0.221 e. The summed E-state index contributed by atoms with van der Waals surface area (Å²) in [5, 5.41) is 13.0. The molecule has 0 aromatic heterocycles. The number of carbonyl (C=O) groups excluding carboxylic acids is 1. The Morgan fingerprint density at radius 2 is 2.38 bits per heavy atom. The lowest BCUT2D eigenvalue weighted by atomic mass is 10.3. The number of nitrogens with one attached hydrogen (secondary N) is 1. The minimum atomic E-state index is -0.112. The molecular weight excluding hydrogens is 184 g/mol. The summed E-state index contributed by atoms with van der Waals surface area (Å²) in [6.45, 7) is 1.45. The van der Waals surface area contributed by atoms with Gasteiger partial charge < -0.3 is 5.32 Å². The van der Waals surface area contributed by atoms with Crippen LogP contribution in [-0.4, -0.2) is 5.91 Å². The molecule has 0 saturated heterocycles. The molecule has 0 aliphatic rings. The third-order valence-corrected chi connectivity index (χ3v) is 1.90. The maximum atomic E-state index is 10.7. The van der Waals surface area contributed by atoms with Crippen molar-refractivity contribution in [3.05, 3.63) is 24.3 Å². The molecule has 0 spiro atoms. The molecule has 66 valence electrons. The number of thiocyanates is 1. The largest absolute Gasteiger partial charge is 0.326 e. The van der Waals surface area contributed by atoms with Crippen molar-refractivity contribution in [1.29, 1.82) is 5.26 Å². The van der Waals surface area contributed by atoms with Crippen LogP contribution in [0.3, 0.4) is 0 Å². The number of thioether (sulfide) groups is 1. The molecule has 0 unspecified atom stereocenters. The molecule has 1 aromatic rings. The molecule has 0 bridgehead atoms. The van der Waals surface area contributed by atoms with Crippen LogP contribution in [0, 0.1) is 10.7 Å². The molecule has 0 atom stereocenters. The Labute approximate surface area is 80.8 Å². The maximum Gasteiger partial charge on any atom is 0.221 e. The van der Waals surface area contributed by atoms with Crippen molar-refractivity contribution >= 4 is 23.4 Å². The van der Waals surface area contributed by atoms with Crippen LogP contribution >= 0.6 is 11.8 Å². The molecule has 4 heteroatoms. The number of hydrogen-bond donors (Lipinski definition) is 1. The Morgan fingerprint density at radius 1 is 1.62 bits per heavy atom. The summed E-state index contributed by atoms with van der Waals surface area (Å²) in [6, 6.07) is 7.16. The number of nitriles is 1. The molecule has 0 radical (unpaired) electrons. The second kappa shape index (κ2) is 4.53. The molecular formula is C9H8N2OS. The molecule has 1 rings (SSSR count). The van der Waals surface area contributed by atoms with Crippen molar-refractivity contribution in [2.24, 2.45) is 0 Å². The summed E-state index contributed by atoms with van der Waals surface area (Å²) in [5.74, 6) is -0.112. The fourth-order valence-corrected chi connectivity index (χ4v) is 1.33. The maximum absolute atomic E-state index is 10.7. The molecule has 0 aliphatic carbocycles. The summed E-state index contributed by atoms with van der Waals surface area (Å²) in [4.78, 5) is 11.5. The minimum Gasteiger partial charge on any atom is -0.326 e. The molecule has 1 N–H and O–H groups in total. The molecule has 1 amide bonds. The van der Waals surface area contributed by atoms with E-state index in [4.69, 9.17) is 5.26 Å². The Kier molecular flexibility index (Phi) is 3.35. The van der Waals surface area contributed by atoms with Gasteiger partial charge in [0, 0.05) is 17.5 Å². The normalized spacial score (nSPS) is 8.92. The highest BCUT2D eigenvalue weighted by atomic mass is 32.2. The highest BCUT2D eigenvalue weighted by molar-refractivity contribution is 8.03. The van der Waals surface area contributed by atoms with E-state index in [9.17, 15) is 4.79 Å². The third kappa shape index (κ3) is 3.18. The van der Waals surface area contributed by atoms with Crippen LogP contribution in [0.25, 0.3) is 0 Å². The van der Waals surface area contributed by atoms with E-state index in [1.165, 1.54) is 6.92 Å². The average Bonchev–Trinajstić information content (AvgIpc) is 2.04. The van der Waals surface area contributed by atoms with Gasteiger partial charge in [-0.3, -0.25) is 4.79 Å². The Bertz CT molecular complexity index is 357. The quantitative estimate of drug-likeness (QED) is 0.577. The van der Waals surface area contributed by atoms with Gasteiger partial charge in [0.1, 0.15) is 5.40 Å². The Balaban J connectivity index is 2.80. The molecule has 0 fully saturated rings. The summed E-state index contributed by atoms with van der Waals surface area (Å²) in [5.41, 5.74) is 0.716. The van der Waals surface area contributed by atoms with E-state index in [2.05, 4.69) is 5.32 Å². The number of nitrogens with zero attached hydrogens (tertiary/aromatic N) is 1. The fraction of sp³-hybridized carbons (Fsp3) is 0.111. The van der Waals surface area contributed by atoms with Crippen LogP contribution in [0.2, 0.25) is 0 Å². The van der Waals surface area contributed by atoms with Crippen molar-refractivity contribution < 1.29 is 4.79 Å². The van der Waals surface area contributed by atoms with E-state index in [0.717, 1.165) is 16.7 Å². The van der Waals surface area contributed by atoms with Crippen LogP contribution in [0.4, 0.5) is 5.69 Å². The lowest BCUT2D eigenvalue weighted by molar-refractivity contribution is -0.114. The summed E-state index contributed by atoms with van der Waals surface area (Å²) < 4.78 is 0. The topological polar surface area (TPSA) is 52.9 Å². The van der Waals surface area contributed by atoms with Crippen LogP contribution in [0.5, 0.6) is 0 Å². The van der Waals surface area contributed by atoms with E-state index in [1.54, 1.807) is 18.2 Å². The first-order chi connectivity index (χ1) is 6.22. The number of amides is 1. The van der Waals surface area contributed by atoms with E-state index in [-0.39, 0.29) is 5.91 Å². The van der Waals surface area contributed by atoms with Gasteiger partial charge in [0.05, 0.1) is 0 Å². The van der Waals surface area contributed by atoms with Gasteiger partial charge in [-0.1, -0.05) is 6.07 Å². The lowest BCUT2D eigenvalue weighted by Gasteiger charge is -2.01. The summed E-state index contributed by atoms with van der Waals surface area (Å²) >= 11 is 1.07. The zero-order valence-electron chi connectivity index (χ0n) is 7.07. The molecule has 3 nitrogen and oxygen atoms in total. The van der Waals surface area contributed by atoms with Gasteiger partial charge in [-0.25, -0.2) is 0 Å². The standard InChI is InChI=1S/C9H8N2OS/c1-7(12)11-8-3-2-4-9(5-8)13-6-10/h2-5H,1H3,(H,11,12). The van der Waals surface area contributed by atoms with E-state index in [1.807, 2.05) is 11.5 Å². The number of benzene rings is 1. The van der Waals surface area contributed by atoms with Crippen LogP contribution in [0.15, 0.2) is 29.2 Å². The second-order valence-electron chi connectivity index (χ2n) is 2.40. The predicted octanol–water partition coefficient (Wildman–Crippen LogP) is 2.22. The highest BCUT2D eigenvalue weighted by Crippen LogP contribution is 2.20. The summed E-state index contributed by atoms with van der Waals surface area (Å²) in [7, 11) is 0. The van der Waals surface area contributed by atoms with E-state index >= 15 is 0 Å². The first kappa shape index (κ1) is 9.62. The highest BCUT2D eigenvalue weighted by Gasteiger charge is 1.97. The van der Waals surface area contributed by atoms with Crippen molar-refractivity contribution in [3.63, 3.8) is 0 Å². The number of anilines is 1. The van der Waals surface area contributed by atoms with Gasteiger partial charge in [0.2, 0.25) is 5.91 Å². The van der Waals surface area contributed by atoms with Crippen LogP contribution < -0.4 is 5.32 Å².